The van der Waals surface area contributed by atoms with Crippen molar-refractivity contribution in [3.63, 3.8) is 0 Å². The van der Waals surface area contributed by atoms with Crippen molar-refractivity contribution >= 4 is 11.8 Å². The number of hydrogen-bond donors (Lipinski definition) is 2. The fourth-order valence-electron chi connectivity index (χ4n) is 0.485. The van der Waals surface area contributed by atoms with Crippen LogP contribution in [0.2, 0.25) is 0 Å². The number of rotatable bonds is 4. The molecule has 0 spiro atoms. The minimum absolute atomic E-state index is 0.131. The normalized spacial score (nSPS) is 18.0. The Hall–Kier alpha value is 0.270. The van der Waals surface area contributed by atoms with E-state index in [9.17, 15) is 0 Å². The van der Waals surface area contributed by atoms with Gasteiger partial charge in [0.05, 0.1) is 6.10 Å². The summed E-state index contributed by atoms with van der Waals surface area (Å²) in [5.74, 6) is 0.888. The number of nitrogens with two attached hydrogens (primary N) is 1. The fourth-order valence-corrected chi connectivity index (χ4v) is 1.46. The molecule has 2 nitrogen and oxygen atoms in total. The lowest BCUT2D eigenvalue weighted by Crippen LogP contribution is -2.36. The Morgan fingerprint density at radius 2 is 1.91 bits per heavy atom. The second-order valence-electron chi connectivity index (χ2n) is 3.75. The van der Waals surface area contributed by atoms with Gasteiger partial charge in [0.15, 0.2) is 0 Å². The van der Waals surface area contributed by atoms with Crippen LogP contribution < -0.4 is 5.73 Å². The lowest BCUT2D eigenvalue weighted by Gasteiger charge is -2.21. The zero-order chi connectivity index (χ0) is 9.07. The van der Waals surface area contributed by atoms with Crippen molar-refractivity contribution in [3.05, 3.63) is 0 Å². The average molecular weight is 177 g/mol. The quantitative estimate of drug-likeness (QED) is 0.679. The third kappa shape index (κ3) is 6.66. The van der Waals surface area contributed by atoms with Gasteiger partial charge in [0, 0.05) is 16.5 Å². The first-order valence-corrected chi connectivity index (χ1v) is 4.96. The molecule has 0 aromatic heterocycles. The van der Waals surface area contributed by atoms with Gasteiger partial charge in [0.1, 0.15) is 0 Å². The molecule has 0 aliphatic rings. The SMILES string of the molecule is CC(O)C(C)SCC(C)(C)N. The summed E-state index contributed by atoms with van der Waals surface area (Å²) in [5, 5.41) is 9.43. The molecule has 68 valence electrons. The van der Waals surface area contributed by atoms with Crippen LogP contribution in [0.4, 0.5) is 0 Å². The highest BCUT2D eigenvalue weighted by Crippen LogP contribution is 2.18. The van der Waals surface area contributed by atoms with Crippen LogP contribution in [0.1, 0.15) is 27.7 Å². The topological polar surface area (TPSA) is 46.2 Å². The maximum absolute atomic E-state index is 9.16. The Balaban J connectivity index is 3.54. The molecule has 0 bridgehead atoms. The maximum atomic E-state index is 9.16. The largest absolute Gasteiger partial charge is 0.392 e. The summed E-state index contributed by atoms with van der Waals surface area (Å²) in [4.78, 5) is 0. The lowest BCUT2D eigenvalue weighted by atomic mass is 10.1. The Bertz CT molecular complexity index is 109. The van der Waals surface area contributed by atoms with Crippen molar-refractivity contribution in [1.82, 2.24) is 0 Å². The average Bonchev–Trinajstić information content (AvgIpc) is 1.80. The van der Waals surface area contributed by atoms with Crippen molar-refractivity contribution in [2.75, 3.05) is 5.75 Å². The monoisotopic (exact) mass is 177 g/mol. The van der Waals surface area contributed by atoms with Crippen molar-refractivity contribution < 1.29 is 5.11 Å². The molecule has 0 heterocycles. The third-order valence-corrected chi connectivity index (χ3v) is 3.23. The van der Waals surface area contributed by atoms with E-state index < -0.39 is 0 Å². The summed E-state index contributed by atoms with van der Waals surface area (Å²) in [6.07, 6.45) is -0.248. The summed E-state index contributed by atoms with van der Waals surface area (Å²) in [5.41, 5.74) is 5.65. The Morgan fingerprint density at radius 3 is 2.18 bits per heavy atom. The Morgan fingerprint density at radius 1 is 1.45 bits per heavy atom. The van der Waals surface area contributed by atoms with Gasteiger partial charge < -0.3 is 10.8 Å². The fraction of sp³-hybridized carbons (Fsp3) is 1.00. The van der Waals surface area contributed by atoms with Gasteiger partial charge >= 0.3 is 0 Å². The molecule has 0 saturated carbocycles. The summed E-state index contributed by atoms with van der Waals surface area (Å²) in [7, 11) is 0. The smallest absolute Gasteiger partial charge is 0.0628 e. The zero-order valence-corrected chi connectivity index (χ0v) is 8.61. The molecular weight excluding hydrogens is 158 g/mol. The standard InChI is InChI=1S/C8H19NOS/c1-6(10)7(2)11-5-8(3,4)9/h6-7,10H,5,9H2,1-4H3. The van der Waals surface area contributed by atoms with E-state index in [1.165, 1.54) is 0 Å². The van der Waals surface area contributed by atoms with Gasteiger partial charge in [-0.25, -0.2) is 0 Å². The molecule has 11 heavy (non-hydrogen) atoms. The van der Waals surface area contributed by atoms with Crippen LogP contribution in [0.25, 0.3) is 0 Å². The number of aliphatic hydroxyl groups is 1. The van der Waals surface area contributed by atoms with E-state index in [0.717, 1.165) is 5.75 Å². The van der Waals surface area contributed by atoms with Gasteiger partial charge in [-0.15, -0.1) is 0 Å². The van der Waals surface area contributed by atoms with E-state index in [-0.39, 0.29) is 16.9 Å². The molecule has 0 amide bonds. The molecule has 0 aromatic rings. The minimum Gasteiger partial charge on any atom is -0.392 e. The Labute approximate surface area is 73.6 Å². The highest BCUT2D eigenvalue weighted by molar-refractivity contribution is 8.00. The van der Waals surface area contributed by atoms with Gasteiger partial charge in [0.2, 0.25) is 0 Å². The summed E-state index contributed by atoms with van der Waals surface area (Å²) in [6, 6.07) is 0. The first-order chi connectivity index (χ1) is 4.83. The van der Waals surface area contributed by atoms with Crippen LogP contribution in [0.5, 0.6) is 0 Å². The highest BCUT2D eigenvalue weighted by atomic mass is 32.2. The number of aliphatic hydroxyl groups excluding tert-OH is 1. The predicted molar refractivity (Wildman–Crippen MR) is 51.9 cm³/mol. The summed E-state index contributed by atoms with van der Waals surface area (Å²) < 4.78 is 0. The van der Waals surface area contributed by atoms with Crippen LogP contribution in [0, 0.1) is 0 Å². The Kier molecular flexibility index (Phi) is 4.44. The molecule has 3 heteroatoms. The second-order valence-corrected chi connectivity index (χ2v) is 5.11. The molecular formula is C8H19NOS. The lowest BCUT2D eigenvalue weighted by molar-refractivity contribution is 0.196. The zero-order valence-electron chi connectivity index (χ0n) is 7.79. The van der Waals surface area contributed by atoms with Crippen molar-refractivity contribution in [2.45, 2.75) is 44.6 Å². The van der Waals surface area contributed by atoms with Crippen molar-refractivity contribution in [3.8, 4) is 0 Å². The van der Waals surface area contributed by atoms with Gasteiger partial charge in [-0.1, -0.05) is 6.92 Å². The van der Waals surface area contributed by atoms with Crippen molar-refractivity contribution in [2.24, 2.45) is 5.73 Å². The molecule has 0 saturated heterocycles. The molecule has 0 aromatic carbocycles. The van der Waals surface area contributed by atoms with E-state index in [2.05, 4.69) is 0 Å². The number of thioether (sulfide) groups is 1. The van der Waals surface area contributed by atoms with Crippen LogP contribution in [0.3, 0.4) is 0 Å². The highest BCUT2D eigenvalue weighted by Gasteiger charge is 2.15. The summed E-state index contributed by atoms with van der Waals surface area (Å²) >= 11 is 1.72. The molecule has 3 N–H and O–H groups in total. The molecule has 2 unspecified atom stereocenters. The van der Waals surface area contributed by atoms with Gasteiger partial charge in [-0.3, -0.25) is 0 Å². The molecule has 0 rings (SSSR count). The molecule has 0 fully saturated rings. The van der Waals surface area contributed by atoms with Crippen molar-refractivity contribution in [1.29, 1.82) is 0 Å². The maximum Gasteiger partial charge on any atom is 0.0628 e. The molecule has 2 atom stereocenters. The van der Waals surface area contributed by atoms with Gasteiger partial charge in [-0.05, 0) is 20.8 Å². The number of hydrogen-bond acceptors (Lipinski definition) is 3. The molecule has 0 aliphatic carbocycles. The second kappa shape index (κ2) is 4.33. The van der Waals surface area contributed by atoms with E-state index in [4.69, 9.17) is 10.8 Å². The first kappa shape index (κ1) is 11.3. The van der Waals surface area contributed by atoms with E-state index in [1.807, 2.05) is 20.8 Å². The summed E-state index contributed by atoms with van der Waals surface area (Å²) in [6.45, 7) is 7.81. The molecule has 0 radical (unpaired) electrons. The third-order valence-electron chi connectivity index (χ3n) is 1.40. The van der Waals surface area contributed by atoms with Crippen LogP contribution in [0.15, 0.2) is 0 Å². The first-order valence-electron chi connectivity index (χ1n) is 3.91. The van der Waals surface area contributed by atoms with E-state index >= 15 is 0 Å². The van der Waals surface area contributed by atoms with Crippen LogP contribution >= 0.6 is 11.8 Å². The van der Waals surface area contributed by atoms with E-state index in [0.29, 0.717) is 0 Å². The van der Waals surface area contributed by atoms with Crippen LogP contribution in [-0.4, -0.2) is 27.8 Å². The molecule has 0 aliphatic heterocycles. The van der Waals surface area contributed by atoms with E-state index in [1.54, 1.807) is 18.7 Å². The van der Waals surface area contributed by atoms with Gasteiger partial charge in [-0.2, -0.15) is 11.8 Å². The van der Waals surface area contributed by atoms with Gasteiger partial charge in [0.25, 0.3) is 0 Å². The van der Waals surface area contributed by atoms with Crippen LogP contribution in [-0.2, 0) is 0 Å². The predicted octanol–water partition coefficient (Wildman–Crippen LogP) is 1.23. The minimum atomic E-state index is -0.248.